The van der Waals surface area contributed by atoms with Crippen LogP contribution in [0.4, 0.5) is 11.4 Å². The molecule has 0 aromatic heterocycles. The van der Waals surface area contributed by atoms with Crippen molar-refractivity contribution >= 4 is 50.7 Å². The molecule has 1 N–H and O–H groups in total. The van der Waals surface area contributed by atoms with Gasteiger partial charge in [0.1, 0.15) is 0 Å². The number of nitrogens with one attached hydrogen (secondary N) is 1. The SMILES string of the molecule is Cc1cc(Br)ccc1NC(=O)[C@@H]1CC(=O)N(c2ccc(Cl)cc2)C1. The van der Waals surface area contributed by atoms with Crippen LogP contribution in [0.5, 0.6) is 0 Å². The van der Waals surface area contributed by atoms with Gasteiger partial charge in [-0.15, -0.1) is 0 Å². The number of hydrogen-bond donors (Lipinski definition) is 1. The van der Waals surface area contributed by atoms with Crippen molar-refractivity contribution in [2.45, 2.75) is 13.3 Å². The van der Waals surface area contributed by atoms with E-state index in [2.05, 4.69) is 21.2 Å². The van der Waals surface area contributed by atoms with E-state index in [1.807, 2.05) is 25.1 Å². The lowest BCUT2D eigenvalue weighted by atomic mass is 10.1. The predicted molar refractivity (Wildman–Crippen MR) is 99.4 cm³/mol. The maximum absolute atomic E-state index is 12.5. The molecule has 2 aromatic carbocycles. The van der Waals surface area contributed by atoms with Crippen LogP contribution in [-0.4, -0.2) is 18.4 Å². The molecule has 24 heavy (non-hydrogen) atoms. The second-order valence-electron chi connectivity index (χ2n) is 5.83. The summed E-state index contributed by atoms with van der Waals surface area (Å²) < 4.78 is 0.961. The molecule has 0 spiro atoms. The van der Waals surface area contributed by atoms with E-state index < -0.39 is 0 Å². The number of nitrogens with zero attached hydrogens (tertiary/aromatic N) is 1. The number of rotatable bonds is 3. The Balaban J connectivity index is 1.70. The van der Waals surface area contributed by atoms with Gasteiger partial charge in [0.15, 0.2) is 0 Å². The van der Waals surface area contributed by atoms with Crippen molar-refractivity contribution in [1.82, 2.24) is 0 Å². The molecular formula is C18H16BrClN2O2. The van der Waals surface area contributed by atoms with Crippen molar-refractivity contribution in [3.05, 3.63) is 57.5 Å². The largest absolute Gasteiger partial charge is 0.326 e. The van der Waals surface area contributed by atoms with Gasteiger partial charge in [-0.25, -0.2) is 0 Å². The zero-order valence-corrected chi connectivity index (χ0v) is 15.4. The molecule has 6 heteroatoms. The minimum absolute atomic E-state index is 0.0509. The van der Waals surface area contributed by atoms with E-state index in [9.17, 15) is 9.59 Å². The van der Waals surface area contributed by atoms with Crippen molar-refractivity contribution in [3.8, 4) is 0 Å². The normalized spacial score (nSPS) is 17.2. The van der Waals surface area contributed by atoms with Gasteiger partial charge in [-0.3, -0.25) is 9.59 Å². The molecule has 0 aliphatic carbocycles. The Morgan fingerprint density at radius 2 is 1.96 bits per heavy atom. The molecule has 1 saturated heterocycles. The molecule has 2 aromatic rings. The average Bonchev–Trinajstić information content (AvgIpc) is 2.93. The zero-order valence-electron chi connectivity index (χ0n) is 13.1. The third kappa shape index (κ3) is 3.62. The van der Waals surface area contributed by atoms with Gasteiger partial charge in [-0.2, -0.15) is 0 Å². The van der Waals surface area contributed by atoms with E-state index >= 15 is 0 Å². The van der Waals surface area contributed by atoms with E-state index in [0.29, 0.717) is 11.6 Å². The average molecular weight is 408 g/mol. The minimum atomic E-state index is -0.365. The summed E-state index contributed by atoms with van der Waals surface area (Å²) in [6, 6.07) is 12.7. The lowest BCUT2D eigenvalue weighted by molar-refractivity contribution is -0.122. The van der Waals surface area contributed by atoms with Crippen LogP contribution < -0.4 is 10.2 Å². The van der Waals surface area contributed by atoms with Crippen LogP contribution in [0, 0.1) is 12.8 Å². The number of anilines is 2. The monoisotopic (exact) mass is 406 g/mol. The molecule has 0 radical (unpaired) electrons. The second kappa shape index (κ2) is 6.95. The molecule has 0 saturated carbocycles. The smallest absolute Gasteiger partial charge is 0.229 e. The summed E-state index contributed by atoms with van der Waals surface area (Å²) in [6.07, 6.45) is 0.212. The number of carbonyl (C=O) groups is 2. The zero-order chi connectivity index (χ0) is 17.3. The number of carbonyl (C=O) groups excluding carboxylic acids is 2. The minimum Gasteiger partial charge on any atom is -0.326 e. The third-order valence-corrected chi connectivity index (χ3v) is 4.83. The van der Waals surface area contributed by atoms with Gasteiger partial charge in [0.2, 0.25) is 11.8 Å². The van der Waals surface area contributed by atoms with Crippen molar-refractivity contribution in [3.63, 3.8) is 0 Å². The molecule has 1 aliphatic heterocycles. The molecule has 0 unspecified atom stereocenters. The second-order valence-corrected chi connectivity index (χ2v) is 7.18. The van der Waals surface area contributed by atoms with Crippen LogP contribution in [0.1, 0.15) is 12.0 Å². The molecule has 2 amide bonds. The number of aryl methyl sites for hydroxylation is 1. The number of benzene rings is 2. The van der Waals surface area contributed by atoms with E-state index in [1.165, 1.54) is 0 Å². The van der Waals surface area contributed by atoms with Gasteiger partial charge in [-0.05, 0) is 55.0 Å². The highest BCUT2D eigenvalue weighted by Gasteiger charge is 2.35. The van der Waals surface area contributed by atoms with Crippen LogP contribution >= 0.6 is 27.5 Å². The highest BCUT2D eigenvalue weighted by atomic mass is 79.9. The molecule has 1 heterocycles. The Morgan fingerprint density at radius 3 is 2.62 bits per heavy atom. The maximum Gasteiger partial charge on any atom is 0.229 e. The van der Waals surface area contributed by atoms with Crippen LogP contribution in [0.3, 0.4) is 0 Å². The van der Waals surface area contributed by atoms with Gasteiger partial charge in [-0.1, -0.05) is 27.5 Å². The fourth-order valence-corrected chi connectivity index (χ4v) is 3.36. The first kappa shape index (κ1) is 17.0. The summed E-state index contributed by atoms with van der Waals surface area (Å²) in [4.78, 5) is 26.4. The highest BCUT2D eigenvalue weighted by molar-refractivity contribution is 9.10. The summed E-state index contributed by atoms with van der Waals surface area (Å²) in [5.74, 6) is -0.550. The first-order chi connectivity index (χ1) is 11.4. The molecule has 124 valence electrons. The fraction of sp³-hybridized carbons (Fsp3) is 0.222. The Bertz CT molecular complexity index is 792. The first-order valence-corrected chi connectivity index (χ1v) is 8.74. The number of hydrogen-bond acceptors (Lipinski definition) is 2. The molecule has 0 bridgehead atoms. The summed E-state index contributed by atoms with van der Waals surface area (Å²) in [7, 11) is 0. The summed E-state index contributed by atoms with van der Waals surface area (Å²) in [5.41, 5.74) is 2.50. The quantitative estimate of drug-likeness (QED) is 0.819. The molecule has 3 rings (SSSR count). The van der Waals surface area contributed by atoms with Crippen LogP contribution in [0.25, 0.3) is 0 Å². The lowest BCUT2D eigenvalue weighted by Gasteiger charge is -2.17. The Labute approximate surface area is 153 Å². The molecule has 1 aliphatic rings. The summed E-state index contributed by atoms with van der Waals surface area (Å²) in [5, 5.41) is 3.54. The van der Waals surface area contributed by atoms with Crippen molar-refractivity contribution < 1.29 is 9.59 Å². The molecule has 4 nitrogen and oxygen atoms in total. The third-order valence-electron chi connectivity index (χ3n) is 4.08. The fourth-order valence-electron chi connectivity index (χ4n) is 2.76. The van der Waals surface area contributed by atoms with E-state index in [1.54, 1.807) is 29.2 Å². The van der Waals surface area contributed by atoms with Crippen molar-refractivity contribution in [1.29, 1.82) is 0 Å². The van der Waals surface area contributed by atoms with Crippen molar-refractivity contribution in [2.24, 2.45) is 5.92 Å². The summed E-state index contributed by atoms with van der Waals surface area (Å²) >= 11 is 9.28. The van der Waals surface area contributed by atoms with Crippen LogP contribution in [0.2, 0.25) is 5.02 Å². The molecular weight excluding hydrogens is 392 g/mol. The molecule has 1 fully saturated rings. The van der Waals surface area contributed by atoms with Crippen LogP contribution in [0.15, 0.2) is 46.9 Å². The lowest BCUT2D eigenvalue weighted by Crippen LogP contribution is -2.28. The van der Waals surface area contributed by atoms with E-state index in [-0.39, 0.29) is 24.2 Å². The molecule has 1 atom stereocenters. The van der Waals surface area contributed by atoms with Gasteiger partial charge in [0.25, 0.3) is 0 Å². The maximum atomic E-state index is 12.5. The Kier molecular flexibility index (Phi) is 4.92. The number of amides is 2. The Hall–Kier alpha value is -1.85. The standard InChI is InChI=1S/C18H16BrClN2O2/c1-11-8-13(19)2-7-16(11)21-18(24)12-9-17(23)22(10-12)15-5-3-14(20)4-6-15/h2-8,12H,9-10H2,1H3,(H,21,24)/t12-/m1/s1. The van der Waals surface area contributed by atoms with Gasteiger partial charge >= 0.3 is 0 Å². The topological polar surface area (TPSA) is 49.4 Å². The first-order valence-electron chi connectivity index (χ1n) is 7.57. The van der Waals surface area contributed by atoms with Gasteiger partial charge in [0, 0.05) is 33.8 Å². The highest BCUT2D eigenvalue weighted by Crippen LogP contribution is 2.28. The van der Waals surface area contributed by atoms with Crippen LogP contribution in [-0.2, 0) is 9.59 Å². The van der Waals surface area contributed by atoms with Gasteiger partial charge in [0.05, 0.1) is 5.92 Å². The van der Waals surface area contributed by atoms with Crippen molar-refractivity contribution in [2.75, 3.05) is 16.8 Å². The number of halogens is 2. The summed E-state index contributed by atoms with van der Waals surface area (Å²) in [6.45, 7) is 2.31. The predicted octanol–water partition coefficient (Wildman–Crippen LogP) is 4.40. The van der Waals surface area contributed by atoms with Gasteiger partial charge < -0.3 is 10.2 Å². The van der Waals surface area contributed by atoms with E-state index in [0.717, 1.165) is 21.4 Å². The van der Waals surface area contributed by atoms with E-state index in [4.69, 9.17) is 11.6 Å². The Morgan fingerprint density at radius 1 is 1.25 bits per heavy atom.